The first-order valence-corrected chi connectivity index (χ1v) is 10.1. The first-order valence-electron chi connectivity index (χ1n) is 10.1. The summed E-state index contributed by atoms with van der Waals surface area (Å²) in [5, 5.41) is 6.89. The van der Waals surface area contributed by atoms with Crippen LogP contribution in [0.1, 0.15) is 44.3 Å². The molecule has 0 spiro atoms. The maximum absolute atomic E-state index is 12.7. The Hall–Kier alpha value is -2.00. The first kappa shape index (κ1) is 19.3. The monoisotopic (exact) mass is 391 g/mol. The highest BCUT2D eigenvalue weighted by atomic mass is 16.5. The zero-order chi connectivity index (χ0) is 19.7. The van der Waals surface area contributed by atoms with Crippen molar-refractivity contribution in [2.24, 2.45) is 11.8 Å². The van der Waals surface area contributed by atoms with Gasteiger partial charge in [0.2, 0.25) is 17.7 Å². The fraction of sp³-hybridized carbons (Fsp3) is 0.789. The van der Waals surface area contributed by atoms with Crippen LogP contribution in [-0.4, -0.2) is 70.6 Å². The molecule has 9 nitrogen and oxygen atoms in total. The summed E-state index contributed by atoms with van der Waals surface area (Å²) in [5.74, 6) is 2.15. The van der Waals surface area contributed by atoms with Crippen LogP contribution in [-0.2, 0) is 27.5 Å². The van der Waals surface area contributed by atoms with Gasteiger partial charge in [-0.25, -0.2) is 0 Å². The molecule has 0 aromatic carbocycles. The Kier molecular flexibility index (Phi) is 5.63. The van der Waals surface area contributed by atoms with Crippen LogP contribution in [0.3, 0.4) is 0 Å². The van der Waals surface area contributed by atoms with Crippen molar-refractivity contribution >= 4 is 11.8 Å². The molecule has 3 aliphatic heterocycles. The van der Waals surface area contributed by atoms with E-state index in [4.69, 9.17) is 9.26 Å². The summed E-state index contributed by atoms with van der Waals surface area (Å²) < 4.78 is 10.4. The van der Waals surface area contributed by atoms with Gasteiger partial charge in [-0.05, 0) is 31.1 Å². The number of hydrogen-bond acceptors (Lipinski definition) is 7. The maximum atomic E-state index is 12.7. The van der Waals surface area contributed by atoms with Crippen molar-refractivity contribution in [1.82, 2.24) is 25.3 Å². The van der Waals surface area contributed by atoms with E-state index in [-0.39, 0.29) is 23.9 Å². The van der Waals surface area contributed by atoms with E-state index in [9.17, 15) is 9.59 Å². The summed E-state index contributed by atoms with van der Waals surface area (Å²) in [4.78, 5) is 33.1. The number of rotatable bonds is 6. The van der Waals surface area contributed by atoms with Gasteiger partial charge in [0.15, 0.2) is 5.82 Å². The van der Waals surface area contributed by atoms with E-state index < -0.39 is 0 Å². The number of amides is 2. The van der Waals surface area contributed by atoms with Crippen molar-refractivity contribution in [2.45, 2.75) is 57.8 Å². The molecular formula is C19H29N5O4. The summed E-state index contributed by atoms with van der Waals surface area (Å²) in [6.45, 7) is 4.80. The van der Waals surface area contributed by atoms with Crippen LogP contribution in [0.5, 0.6) is 0 Å². The molecule has 4 atom stereocenters. The van der Waals surface area contributed by atoms with Gasteiger partial charge in [-0.2, -0.15) is 4.98 Å². The van der Waals surface area contributed by atoms with Crippen LogP contribution < -0.4 is 5.32 Å². The van der Waals surface area contributed by atoms with Crippen LogP contribution in [0.2, 0.25) is 0 Å². The van der Waals surface area contributed by atoms with E-state index in [1.807, 2.05) is 0 Å². The summed E-state index contributed by atoms with van der Waals surface area (Å²) >= 11 is 0. The minimum Gasteiger partial charge on any atom is -0.377 e. The lowest BCUT2D eigenvalue weighted by Crippen LogP contribution is -2.66. The largest absolute Gasteiger partial charge is 0.377 e. The van der Waals surface area contributed by atoms with E-state index in [0.29, 0.717) is 49.7 Å². The Morgan fingerprint density at radius 1 is 1.36 bits per heavy atom. The fourth-order valence-electron chi connectivity index (χ4n) is 5.25. The van der Waals surface area contributed by atoms with E-state index >= 15 is 0 Å². The number of carbonyl (C=O) groups excluding carboxylic acids is 2. The summed E-state index contributed by atoms with van der Waals surface area (Å²) in [6, 6.07) is 0.332. The molecule has 1 aromatic heterocycles. The maximum Gasteiger partial charge on any atom is 0.240 e. The summed E-state index contributed by atoms with van der Waals surface area (Å²) in [5.41, 5.74) is 0. The Bertz CT molecular complexity index is 723. The lowest BCUT2D eigenvalue weighted by Gasteiger charge is -2.56. The molecule has 28 heavy (non-hydrogen) atoms. The van der Waals surface area contributed by atoms with Crippen molar-refractivity contribution < 1.29 is 18.8 Å². The Morgan fingerprint density at radius 2 is 2.18 bits per heavy atom. The molecule has 9 heteroatoms. The molecule has 1 aromatic rings. The highest BCUT2D eigenvalue weighted by molar-refractivity contribution is 5.78. The van der Waals surface area contributed by atoms with Gasteiger partial charge in [0.25, 0.3) is 0 Å². The van der Waals surface area contributed by atoms with E-state index in [1.54, 1.807) is 7.11 Å². The van der Waals surface area contributed by atoms with Gasteiger partial charge >= 0.3 is 0 Å². The zero-order valence-corrected chi connectivity index (χ0v) is 16.6. The predicted molar refractivity (Wildman–Crippen MR) is 98.8 cm³/mol. The summed E-state index contributed by atoms with van der Waals surface area (Å²) in [7, 11) is 1.61. The molecule has 3 fully saturated rings. The molecule has 2 amide bonds. The second kappa shape index (κ2) is 8.16. The van der Waals surface area contributed by atoms with Gasteiger partial charge < -0.3 is 19.5 Å². The lowest BCUT2D eigenvalue weighted by molar-refractivity contribution is -0.153. The van der Waals surface area contributed by atoms with Crippen LogP contribution in [0.25, 0.3) is 0 Å². The number of aromatic nitrogens is 2. The molecule has 0 saturated carbocycles. The second-order valence-corrected chi connectivity index (χ2v) is 8.25. The van der Waals surface area contributed by atoms with Crippen LogP contribution >= 0.6 is 0 Å². The fourth-order valence-corrected chi connectivity index (χ4v) is 5.25. The number of nitrogens with zero attached hydrogens (tertiary/aromatic N) is 4. The Balaban J connectivity index is 1.49. The predicted octanol–water partition coefficient (Wildman–Crippen LogP) is 0.554. The third-order valence-electron chi connectivity index (χ3n) is 6.27. The average Bonchev–Trinajstić information content (AvgIpc) is 3.09. The van der Waals surface area contributed by atoms with Crippen molar-refractivity contribution in [3.05, 3.63) is 11.7 Å². The number of likely N-dealkylation sites (tertiary alicyclic amines) is 1. The molecular weight excluding hydrogens is 362 g/mol. The molecule has 0 radical (unpaired) electrons. The van der Waals surface area contributed by atoms with Gasteiger partial charge in [0.1, 0.15) is 6.61 Å². The minimum atomic E-state index is -0.0488. The zero-order valence-electron chi connectivity index (χ0n) is 16.6. The normalized spacial score (nSPS) is 30.2. The van der Waals surface area contributed by atoms with Crippen LogP contribution in [0.4, 0.5) is 0 Å². The number of piperidine rings is 3. The Morgan fingerprint density at radius 3 is 2.96 bits per heavy atom. The molecule has 1 N–H and O–H groups in total. The quantitative estimate of drug-likeness (QED) is 0.756. The van der Waals surface area contributed by atoms with E-state index in [1.165, 1.54) is 6.92 Å². The number of methoxy groups -OCH3 is 1. The third-order valence-corrected chi connectivity index (χ3v) is 6.27. The molecule has 4 rings (SSSR count). The standard InChI is InChI=1S/C19H29N5O4/c1-12(25)20-7-16-14-6-13(15-4-3-5-19(26)24(15)16)8-23(9-14)10-18-21-17(11-27-2)22-28-18/h13-16H,3-11H2,1-2H3,(H,20,25)/t13-,14+,15+,16+/m1/s1. The first-order chi connectivity index (χ1) is 13.5. The molecule has 3 aliphatic rings. The molecule has 154 valence electrons. The second-order valence-electron chi connectivity index (χ2n) is 8.25. The van der Waals surface area contributed by atoms with Crippen molar-refractivity contribution in [3.8, 4) is 0 Å². The molecule has 3 saturated heterocycles. The number of fused-ring (bicyclic) bond motifs is 4. The SMILES string of the molecule is COCc1noc(CN2C[C@H]3C[C@@H](C2)[C@H](CNC(C)=O)N2C(=O)CCC[C@@H]32)n1. The van der Waals surface area contributed by atoms with Crippen LogP contribution in [0, 0.1) is 11.8 Å². The summed E-state index contributed by atoms with van der Waals surface area (Å²) in [6.07, 6.45) is 3.73. The highest BCUT2D eigenvalue weighted by Crippen LogP contribution is 2.41. The Labute approximate surface area is 164 Å². The van der Waals surface area contributed by atoms with Crippen molar-refractivity contribution in [3.63, 3.8) is 0 Å². The number of carbonyl (C=O) groups is 2. The lowest BCUT2D eigenvalue weighted by atomic mass is 9.72. The van der Waals surface area contributed by atoms with E-state index in [2.05, 4.69) is 25.3 Å². The number of nitrogens with one attached hydrogen (secondary N) is 1. The topological polar surface area (TPSA) is 101 Å². The average molecular weight is 391 g/mol. The van der Waals surface area contributed by atoms with Gasteiger partial charge in [0, 0.05) is 46.1 Å². The minimum absolute atomic E-state index is 0.0488. The van der Waals surface area contributed by atoms with Gasteiger partial charge in [-0.15, -0.1) is 0 Å². The number of ether oxygens (including phenoxy) is 1. The van der Waals surface area contributed by atoms with Crippen LogP contribution in [0.15, 0.2) is 4.52 Å². The molecule has 0 aliphatic carbocycles. The van der Waals surface area contributed by atoms with Crippen molar-refractivity contribution in [1.29, 1.82) is 0 Å². The van der Waals surface area contributed by atoms with Gasteiger partial charge in [0.05, 0.1) is 12.6 Å². The van der Waals surface area contributed by atoms with Crippen molar-refractivity contribution in [2.75, 3.05) is 26.7 Å². The van der Waals surface area contributed by atoms with E-state index in [0.717, 1.165) is 32.4 Å². The molecule has 4 heterocycles. The highest BCUT2D eigenvalue weighted by Gasteiger charge is 2.49. The number of hydrogen-bond donors (Lipinski definition) is 1. The van der Waals surface area contributed by atoms with Gasteiger partial charge in [-0.1, -0.05) is 5.16 Å². The smallest absolute Gasteiger partial charge is 0.240 e. The third kappa shape index (κ3) is 3.91. The molecule has 0 unspecified atom stereocenters. The molecule has 2 bridgehead atoms. The van der Waals surface area contributed by atoms with Gasteiger partial charge in [-0.3, -0.25) is 14.5 Å².